The number of benzene rings is 1. The van der Waals surface area contributed by atoms with Crippen molar-refractivity contribution in [3.8, 4) is 0 Å². The van der Waals surface area contributed by atoms with Crippen molar-refractivity contribution in [3.63, 3.8) is 0 Å². The molecule has 0 unspecified atom stereocenters. The van der Waals surface area contributed by atoms with Gasteiger partial charge in [0, 0.05) is 11.7 Å². The highest BCUT2D eigenvalue weighted by Crippen LogP contribution is 2.29. The maximum absolute atomic E-state index is 12.2. The normalized spacial score (nSPS) is 13.7. The van der Waals surface area contributed by atoms with Crippen LogP contribution in [-0.4, -0.2) is 6.04 Å². The van der Waals surface area contributed by atoms with Gasteiger partial charge in [-0.2, -0.15) is 13.2 Å². The van der Waals surface area contributed by atoms with Crippen LogP contribution in [0.3, 0.4) is 0 Å². The third-order valence-electron chi connectivity index (χ3n) is 2.24. The van der Waals surface area contributed by atoms with Crippen LogP contribution in [0, 0.1) is 0 Å². The quantitative estimate of drug-likeness (QED) is 0.809. The van der Waals surface area contributed by atoms with Gasteiger partial charge in [-0.15, -0.1) is 0 Å². The lowest BCUT2D eigenvalue weighted by Gasteiger charge is -2.13. The van der Waals surface area contributed by atoms with E-state index >= 15 is 0 Å². The van der Waals surface area contributed by atoms with Crippen molar-refractivity contribution in [1.82, 2.24) is 0 Å². The van der Waals surface area contributed by atoms with Gasteiger partial charge in [0.1, 0.15) is 0 Å². The zero-order valence-corrected chi connectivity index (χ0v) is 8.73. The summed E-state index contributed by atoms with van der Waals surface area (Å²) in [5, 5.41) is 3.10. The Morgan fingerprint density at radius 3 is 2.13 bits per heavy atom. The fraction of sp³-hybridized carbons (Fsp3) is 0.455. The van der Waals surface area contributed by atoms with Gasteiger partial charge in [-0.25, -0.2) is 0 Å². The number of nitrogens with one attached hydrogen (secondary N) is 1. The van der Waals surface area contributed by atoms with Crippen molar-refractivity contribution in [3.05, 3.63) is 29.8 Å². The highest BCUT2D eigenvalue weighted by molar-refractivity contribution is 5.45. The summed E-state index contributed by atoms with van der Waals surface area (Å²) in [7, 11) is 0. The first kappa shape index (κ1) is 11.9. The van der Waals surface area contributed by atoms with Crippen molar-refractivity contribution in [2.24, 2.45) is 0 Å². The Labute approximate surface area is 87.3 Å². The standard InChI is InChI=1S/C11H14F3N/c1-3-8(2)15-10-6-4-9(5-7-10)11(12,13)14/h4-8,15H,3H2,1-2H3/t8-/m1/s1. The smallest absolute Gasteiger partial charge is 0.383 e. The van der Waals surface area contributed by atoms with E-state index in [1.54, 1.807) is 0 Å². The molecule has 0 bridgehead atoms. The lowest BCUT2D eigenvalue weighted by atomic mass is 10.2. The number of hydrogen-bond acceptors (Lipinski definition) is 1. The molecule has 1 aromatic carbocycles. The van der Waals surface area contributed by atoms with E-state index in [1.807, 2.05) is 13.8 Å². The van der Waals surface area contributed by atoms with Crippen LogP contribution in [0.1, 0.15) is 25.8 Å². The topological polar surface area (TPSA) is 12.0 Å². The molecule has 0 spiro atoms. The average molecular weight is 217 g/mol. The van der Waals surface area contributed by atoms with Crippen molar-refractivity contribution in [1.29, 1.82) is 0 Å². The summed E-state index contributed by atoms with van der Waals surface area (Å²) in [5.74, 6) is 0. The van der Waals surface area contributed by atoms with Crippen LogP contribution in [0.25, 0.3) is 0 Å². The molecule has 1 rings (SSSR count). The minimum Gasteiger partial charge on any atom is -0.383 e. The van der Waals surface area contributed by atoms with Crippen LogP contribution in [0.15, 0.2) is 24.3 Å². The molecule has 1 N–H and O–H groups in total. The zero-order chi connectivity index (χ0) is 11.5. The van der Waals surface area contributed by atoms with Gasteiger partial charge < -0.3 is 5.32 Å². The van der Waals surface area contributed by atoms with E-state index in [9.17, 15) is 13.2 Å². The van der Waals surface area contributed by atoms with Gasteiger partial charge in [-0.3, -0.25) is 0 Å². The van der Waals surface area contributed by atoms with Crippen molar-refractivity contribution in [2.45, 2.75) is 32.5 Å². The minimum atomic E-state index is -4.26. The van der Waals surface area contributed by atoms with Crippen molar-refractivity contribution >= 4 is 5.69 Å². The van der Waals surface area contributed by atoms with Crippen LogP contribution < -0.4 is 5.32 Å². The second-order valence-corrected chi connectivity index (χ2v) is 3.53. The Bertz CT molecular complexity index is 303. The van der Waals surface area contributed by atoms with E-state index in [1.165, 1.54) is 12.1 Å². The van der Waals surface area contributed by atoms with Gasteiger partial charge >= 0.3 is 6.18 Å². The van der Waals surface area contributed by atoms with E-state index in [4.69, 9.17) is 0 Å². The number of alkyl halides is 3. The van der Waals surface area contributed by atoms with Crippen molar-refractivity contribution in [2.75, 3.05) is 5.32 Å². The summed E-state index contributed by atoms with van der Waals surface area (Å²) < 4.78 is 36.7. The first-order chi connectivity index (χ1) is 6.93. The molecule has 0 aliphatic heterocycles. The molecule has 1 atom stereocenters. The molecule has 0 saturated heterocycles. The maximum atomic E-state index is 12.2. The first-order valence-corrected chi connectivity index (χ1v) is 4.87. The Morgan fingerprint density at radius 1 is 1.20 bits per heavy atom. The van der Waals surface area contributed by atoms with Gasteiger partial charge in [0.2, 0.25) is 0 Å². The SMILES string of the molecule is CC[C@@H](C)Nc1ccc(C(F)(F)F)cc1. The van der Waals surface area contributed by atoms with E-state index < -0.39 is 11.7 Å². The summed E-state index contributed by atoms with van der Waals surface area (Å²) in [5.41, 5.74) is 0.106. The molecule has 0 aliphatic carbocycles. The summed E-state index contributed by atoms with van der Waals surface area (Å²) >= 11 is 0. The van der Waals surface area contributed by atoms with Crippen LogP contribution in [0.5, 0.6) is 0 Å². The average Bonchev–Trinajstić information content (AvgIpc) is 2.17. The highest BCUT2D eigenvalue weighted by atomic mass is 19.4. The molecule has 1 nitrogen and oxygen atoms in total. The fourth-order valence-corrected chi connectivity index (χ4v) is 1.14. The molecule has 1 aromatic rings. The largest absolute Gasteiger partial charge is 0.416 e. The Kier molecular flexibility index (Phi) is 3.61. The first-order valence-electron chi connectivity index (χ1n) is 4.87. The van der Waals surface area contributed by atoms with Crippen LogP contribution in [-0.2, 0) is 6.18 Å². The predicted molar refractivity (Wildman–Crippen MR) is 54.8 cm³/mol. The summed E-state index contributed by atoms with van der Waals surface area (Å²) in [4.78, 5) is 0. The molecule has 0 fully saturated rings. The maximum Gasteiger partial charge on any atom is 0.416 e. The third kappa shape index (κ3) is 3.46. The highest BCUT2D eigenvalue weighted by Gasteiger charge is 2.29. The predicted octanol–water partition coefficient (Wildman–Crippen LogP) is 3.92. The molecule has 0 aromatic heterocycles. The summed E-state index contributed by atoms with van der Waals surface area (Å²) in [6.45, 7) is 4.00. The fourth-order valence-electron chi connectivity index (χ4n) is 1.14. The number of anilines is 1. The molecule has 0 radical (unpaired) electrons. The minimum absolute atomic E-state index is 0.265. The van der Waals surface area contributed by atoms with Gasteiger partial charge in [0.25, 0.3) is 0 Å². The van der Waals surface area contributed by atoms with Crippen molar-refractivity contribution < 1.29 is 13.2 Å². The van der Waals surface area contributed by atoms with Gasteiger partial charge in [0.15, 0.2) is 0 Å². The number of halogens is 3. The molecule has 84 valence electrons. The van der Waals surface area contributed by atoms with E-state index in [-0.39, 0.29) is 6.04 Å². The van der Waals surface area contributed by atoms with Crippen LogP contribution in [0.4, 0.5) is 18.9 Å². The molecule has 15 heavy (non-hydrogen) atoms. The summed E-state index contributed by atoms with van der Waals surface area (Å²) in [6.07, 6.45) is -3.32. The second kappa shape index (κ2) is 4.55. The lowest BCUT2D eigenvalue weighted by molar-refractivity contribution is -0.137. The molecule has 0 amide bonds. The molecular weight excluding hydrogens is 203 g/mol. The van der Waals surface area contributed by atoms with Gasteiger partial charge in [-0.05, 0) is 37.6 Å². The number of rotatable bonds is 3. The Balaban J connectivity index is 2.73. The molecule has 0 aliphatic rings. The monoisotopic (exact) mass is 217 g/mol. The van der Waals surface area contributed by atoms with Crippen LogP contribution in [0.2, 0.25) is 0 Å². The van der Waals surface area contributed by atoms with Gasteiger partial charge in [-0.1, -0.05) is 6.92 Å². The lowest BCUT2D eigenvalue weighted by Crippen LogP contribution is -2.13. The molecular formula is C11H14F3N. The van der Waals surface area contributed by atoms with E-state index in [0.29, 0.717) is 0 Å². The summed E-state index contributed by atoms with van der Waals surface area (Å²) in [6, 6.07) is 5.35. The molecule has 0 heterocycles. The Hall–Kier alpha value is -1.19. The molecule has 0 saturated carbocycles. The Morgan fingerprint density at radius 2 is 1.73 bits per heavy atom. The van der Waals surface area contributed by atoms with E-state index in [0.717, 1.165) is 24.2 Å². The second-order valence-electron chi connectivity index (χ2n) is 3.53. The third-order valence-corrected chi connectivity index (χ3v) is 2.24. The molecule has 4 heteroatoms. The zero-order valence-electron chi connectivity index (χ0n) is 8.73. The van der Waals surface area contributed by atoms with E-state index in [2.05, 4.69) is 5.32 Å². The van der Waals surface area contributed by atoms with Gasteiger partial charge in [0.05, 0.1) is 5.56 Å². The number of hydrogen-bond donors (Lipinski definition) is 1. The van der Waals surface area contributed by atoms with Crippen LogP contribution >= 0.6 is 0 Å².